The summed E-state index contributed by atoms with van der Waals surface area (Å²) in [5.74, 6) is 0. The summed E-state index contributed by atoms with van der Waals surface area (Å²) < 4.78 is 0. The van der Waals surface area contributed by atoms with Crippen LogP contribution in [0.1, 0.15) is 39.0 Å². The molecule has 0 heterocycles. The summed E-state index contributed by atoms with van der Waals surface area (Å²) in [5.41, 5.74) is 0. The largest absolute Gasteiger partial charge is 0.363 e. The summed E-state index contributed by atoms with van der Waals surface area (Å²) in [6, 6.07) is 0.628. The van der Waals surface area contributed by atoms with Crippen molar-refractivity contribution >= 4 is 29.1 Å². The van der Waals surface area contributed by atoms with Crippen molar-refractivity contribution in [3.05, 3.63) is 0 Å². The van der Waals surface area contributed by atoms with Gasteiger partial charge in [-0.3, -0.25) is 0 Å². The Morgan fingerprint density at radius 2 is 2.13 bits per heavy atom. The zero-order chi connectivity index (χ0) is 11.1. The van der Waals surface area contributed by atoms with Crippen LogP contribution in [0.5, 0.6) is 0 Å². The minimum Gasteiger partial charge on any atom is -0.363 e. The van der Waals surface area contributed by atoms with Gasteiger partial charge < -0.3 is 10.6 Å². The van der Waals surface area contributed by atoms with Gasteiger partial charge >= 0.3 is 0 Å². The maximum absolute atomic E-state index is 5.25. The zero-order valence-corrected chi connectivity index (χ0v) is 11.3. The van der Waals surface area contributed by atoms with E-state index in [9.17, 15) is 0 Å². The van der Waals surface area contributed by atoms with Gasteiger partial charge in [0.05, 0.1) is 0 Å². The highest BCUT2D eigenvalue weighted by molar-refractivity contribution is 7.99. The van der Waals surface area contributed by atoms with E-state index in [2.05, 4.69) is 23.8 Å². The van der Waals surface area contributed by atoms with Gasteiger partial charge in [-0.25, -0.2) is 0 Å². The molecule has 4 heteroatoms. The molecule has 1 unspecified atom stereocenters. The fourth-order valence-corrected chi connectivity index (χ4v) is 2.44. The van der Waals surface area contributed by atoms with Crippen molar-refractivity contribution in [1.29, 1.82) is 0 Å². The quantitative estimate of drug-likeness (QED) is 0.728. The molecule has 2 nitrogen and oxygen atoms in total. The average molecular weight is 246 g/mol. The molecule has 0 bridgehead atoms. The molecule has 88 valence electrons. The molecule has 0 radical (unpaired) electrons. The van der Waals surface area contributed by atoms with E-state index < -0.39 is 0 Å². The van der Waals surface area contributed by atoms with Crippen molar-refractivity contribution < 1.29 is 0 Å². The lowest BCUT2D eigenvalue weighted by Gasteiger charge is -2.16. The summed E-state index contributed by atoms with van der Waals surface area (Å²) in [6.07, 6.45) is 8.59. The lowest BCUT2D eigenvalue weighted by atomic mass is 10.2. The van der Waals surface area contributed by atoms with Crippen molar-refractivity contribution in [2.24, 2.45) is 0 Å². The third-order valence-corrected chi connectivity index (χ3v) is 4.23. The number of hydrogen-bond acceptors (Lipinski definition) is 2. The highest BCUT2D eigenvalue weighted by Gasteiger charge is 2.15. The summed E-state index contributed by atoms with van der Waals surface area (Å²) in [7, 11) is 0. The minimum atomic E-state index is 0.628. The molecule has 0 aromatic carbocycles. The Kier molecular flexibility index (Phi) is 6.41. The Balaban J connectivity index is 2.02. The van der Waals surface area contributed by atoms with E-state index in [0.717, 1.165) is 11.7 Å². The Bertz CT molecular complexity index is 191. The first-order valence-corrected chi connectivity index (χ1v) is 7.49. The Morgan fingerprint density at radius 3 is 2.73 bits per heavy atom. The van der Waals surface area contributed by atoms with Gasteiger partial charge in [-0.05, 0) is 37.7 Å². The van der Waals surface area contributed by atoms with E-state index in [-0.39, 0.29) is 0 Å². The summed E-state index contributed by atoms with van der Waals surface area (Å²) in [5, 5.41) is 8.22. The van der Waals surface area contributed by atoms with Gasteiger partial charge in [0.15, 0.2) is 5.11 Å². The average Bonchev–Trinajstić information content (AvgIpc) is 2.70. The zero-order valence-electron chi connectivity index (χ0n) is 9.71. The summed E-state index contributed by atoms with van der Waals surface area (Å²) in [4.78, 5) is 0. The van der Waals surface area contributed by atoms with Crippen LogP contribution in [0.15, 0.2) is 0 Å². The second-order valence-electron chi connectivity index (χ2n) is 4.22. The first-order valence-electron chi connectivity index (χ1n) is 5.79. The molecule has 2 N–H and O–H groups in total. The van der Waals surface area contributed by atoms with Crippen LogP contribution >= 0.6 is 24.0 Å². The van der Waals surface area contributed by atoms with Crippen molar-refractivity contribution in [2.45, 2.75) is 50.3 Å². The van der Waals surface area contributed by atoms with Crippen molar-refractivity contribution in [3.63, 3.8) is 0 Å². The molecule has 1 rings (SSSR count). The molecule has 0 aromatic heterocycles. The predicted molar refractivity (Wildman–Crippen MR) is 73.6 cm³/mol. The molecule has 1 aliphatic rings. The van der Waals surface area contributed by atoms with Crippen molar-refractivity contribution in [3.8, 4) is 0 Å². The van der Waals surface area contributed by atoms with Crippen LogP contribution in [-0.2, 0) is 0 Å². The summed E-state index contributed by atoms with van der Waals surface area (Å²) in [6.45, 7) is 3.24. The predicted octanol–water partition coefficient (Wildman–Crippen LogP) is 2.53. The second-order valence-corrected chi connectivity index (χ2v) is 5.90. The van der Waals surface area contributed by atoms with E-state index in [0.29, 0.717) is 11.3 Å². The van der Waals surface area contributed by atoms with Crippen LogP contribution in [-0.4, -0.2) is 29.2 Å². The van der Waals surface area contributed by atoms with Crippen molar-refractivity contribution in [1.82, 2.24) is 10.6 Å². The van der Waals surface area contributed by atoms with Crippen LogP contribution < -0.4 is 10.6 Å². The first kappa shape index (κ1) is 13.1. The van der Waals surface area contributed by atoms with Crippen LogP contribution in [0, 0.1) is 0 Å². The maximum atomic E-state index is 5.25. The van der Waals surface area contributed by atoms with Crippen LogP contribution in [0.2, 0.25) is 0 Å². The number of thioether (sulfide) groups is 1. The van der Waals surface area contributed by atoms with Crippen LogP contribution in [0.25, 0.3) is 0 Å². The lowest BCUT2D eigenvalue weighted by molar-refractivity contribution is 0.618. The van der Waals surface area contributed by atoms with E-state index in [1.165, 1.54) is 32.1 Å². The molecular weight excluding hydrogens is 224 g/mol. The maximum Gasteiger partial charge on any atom is 0.166 e. The molecule has 1 fully saturated rings. The molecule has 1 atom stereocenters. The minimum absolute atomic E-state index is 0.628. The number of hydrogen-bond donors (Lipinski definition) is 2. The Labute approximate surface area is 103 Å². The number of nitrogens with one attached hydrogen (secondary N) is 2. The monoisotopic (exact) mass is 246 g/mol. The van der Waals surface area contributed by atoms with Crippen molar-refractivity contribution in [2.75, 3.05) is 12.8 Å². The fraction of sp³-hybridized carbons (Fsp3) is 0.909. The normalized spacial score (nSPS) is 18.8. The Morgan fingerprint density at radius 1 is 1.47 bits per heavy atom. The van der Waals surface area contributed by atoms with Gasteiger partial charge in [-0.1, -0.05) is 19.8 Å². The van der Waals surface area contributed by atoms with Crippen LogP contribution in [0.3, 0.4) is 0 Å². The molecule has 0 saturated heterocycles. The smallest absolute Gasteiger partial charge is 0.166 e. The van der Waals surface area contributed by atoms with E-state index in [1.54, 1.807) is 0 Å². The van der Waals surface area contributed by atoms with Gasteiger partial charge in [0.25, 0.3) is 0 Å². The molecule has 1 aliphatic carbocycles. The molecule has 0 spiro atoms. The molecule has 0 aliphatic heterocycles. The van der Waals surface area contributed by atoms with E-state index in [1.807, 2.05) is 11.8 Å². The molecular formula is C11H22N2S2. The van der Waals surface area contributed by atoms with Gasteiger partial charge in [0.2, 0.25) is 0 Å². The van der Waals surface area contributed by atoms with Crippen LogP contribution in [0.4, 0.5) is 0 Å². The molecule has 1 saturated carbocycles. The first-order chi connectivity index (χ1) is 7.22. The van der Waals surface area contributed by atoms with Gasteiger partial charge in [-0.15, -0.1) is 0 Å². The second kappa shape index (κ2) is 7.34. The van der Waals surface area contributed by atoms with E-state index >= 15 is 0 Å². The highest BCUT2D eigenvalue weighted by atomic mass is 32.2. The number of thiocarbonyl (C=S) groups is 1. The highest BCUT2D eigenvalue weighted by Crippen LogP contribution is 2.17. The Hall–Kier alpha value is 0.0400. The summed E-state index contributed by atoms with van der Waals surface area (Å²) >= 11 is 7.16. The molecule has 15 heavy (non-hydrogen) atoms. The fourth-order valence-electron chi connectivity index (χ4n) is 1.81. The third-order valence-electron chi connectivity index (χ3n) is 2.93. The standard InChI is InChI=1S/C11H22N2S2/c1-9(15-2)7-8-12-11(14)13-10-5-3-4-6-10/h9-10H,3-8H2,1-2H3,(H2,12,13,14). The topological polar surface area (TPSA) is 24.1 Å². The van der Waals surface area contributed by atoms with E-state index in [4.69, 9.17) is 12.2 Å². The number of rotatable bonds is 5. The lowest BCUT2D eigenvalue weighted by Crippen LogP contribution is -2.41. The third kappa shape index (κ3) is 5.61. The molecule has 0 aromatic rings. The molecule has 0 amide bonds. The van der Waals surface area contributed by atoms with Gasteiger partial charge in [-0.2, -0.15) is 11.8 Å². The van der Waals surface area contributed by atoms with Gasteiger partial charge in [0.1, 0.15) is 0 Å². The van der Waals surface area contributed by atoms with Gasteiger partial charge in [0, 0.05) is 17.8 Å². The SMILES string of the molecule is CSC(C)CCNC(=S)NC1CCCC1.